The van der Waals surface area contributed by atoms with Crippen LogP contribution in [0.3, 0.4) is 0 Å². The molecule has 0 atom stereocenters. The number of carboxylic acid groups (broad SMARTS) is 1. The number of anilines is 2. The molecule has 1 amide bonds. The second kappa shape index (κ2) is 7.31. The molecule has 1 aliphatic heterocycles. The van der Waals surface area contributed by atoms with Crippen LogP contribution < -0.4 is 10.2 Å². The minimum atomic E-state index is -1.09. The molecule has 0 saturated carbocycles. The topological polar surface area (TPSA) is 92.5 Å². The van der Waals surface area contributed by atoms with Gasteiger partial charge in [0.25, 0.3) is 0 Å². The first kappa shape index (κ1) is 18.4. The first-order chi connectivity index (χ1) is 14.6. The van der Waals surface area contributed by atoms with Gasteiger partial charge in [0.05, 0.1) is 18.7 Å². The smallest absolute Gasteiger partial charge is 0.409 e. The maximum absolute atomic E-state index is 10.9. The summed E-state index contributed by atoms with van der Waals surface area (Å²) in [4.78, 5) is 22.9. The Balaban J connectivity index is 1.69. The summed E-state index contributed by atoms with van der Waals surface area (Å²) in [7, 11) is 2.02. The summed E-state index contributed by atoms with van der Waals surface area (Å²) >= 11 is 0. The maximum Gasteiger partial charge on any atom is 0.409 e. The van der Waals surface area contributed by atoms with Gasteiger partial charge in [0.1, 0.15) is 5.82 Å². The van der Waals surface area contributed by atoms with Crippen molar-refractivity contribution in [1.82, 2.24) is 14.5 Å². The minimum absolute atomic E-state index is 0.505. The number of nitrogens with zero attached hydrogens (tertiary/aromatic N) is 4. The third kappa shape index (κ3) is 3.21. The number of hydrogen-bond donors (Lipinski definition) is 2. The molecule has 152 valence electrons. The molecule has 2 aromatic heterocycles. The van der Waals surface area contributed by atoms with Crippen LogP contribution in [0.1, 0.15) is 0 Å². The minimum Gasteiger partial charge on any atom is -0.465 e. The average molecular weight is 403 g/mol. The zero-order chi connectivity index (χ0) is 20.7. The summed E-state index contributed by atoms with van der Waals surface area (Å²) in [6.45, 7) is 2.90. The van der Waals surface area contributed by atoms with E-state index < -0.39 is 6.09 Å². The molecule has 2 aromatic carbocycles. The van der Waals surface area contributed by atoms with Crippen LogP contribution >= 0.6 is 0 Å². The van der Waals surface area contributed by atoms with Gasteiger partial charge in [-0.2, -0.15) is 0 Å². The number of nitrogens with one attached hydrogen (secondary N) is 1. The van der Waals surface area contributed by atoms with E-state index >= 15 is 0 Å². The Morgan fingerprint density at radius 2 is 1.80 bits per heavy atom. The highest BCUT2D eigenvalue weighted by atomic mass is 16.5. The average Bonchev–Trinajstić information content (AvgIpc) is 3.15. The molecular weight excluding hydrogens is 382 g/mol. The quantitative estimate of drug-likeness (QED) is 0.542. The van der Waals surface area contributed by atoms with Gasteiger partial charge < -0.3 is 19.3 Å². The molecule has 8 nitrogen and oxygen atoms in total. The molecule has 30 heavy (non-hydrogen) atoms. The Kier molecular flexibility index (Phi) is 4.48. The molecule has 0 spiro atoms. The van der Waals surface area contributed by atoms with E-state index in [2.05, 4.69) is 33.0 Å². The van der Waals surface area contributed by atoms with Crippen molar-refractivity contribution in [2.75, 3.05) is 36.5 Å². The van der Waals surface area contributed by atoms with Crippen LogP contribution in [0.15, 0.2) is 48.7 Å². The SMILES string of the molecule is Cn1ccc2c3nc(-c4ccc(NC(=O)O)cc4)nc(N4CCOCC4)c3ccc21. The van der Waals surface area contributed by atoms with E-state index in [-0.39, 0.29) is 0 Å². The summed E-state index contributed by atoms with van der Waals surface area (Å²) in [5.41, 5.74) is 3.36. The van der Waals surface area contributed by atoms with Gasteiger partial charge in [0.15, 0.2) is 5.82 Å². The maximum atomic E-state index is 10.9. The molecule has 8 heteroatoms. The lowest BCUT2D eigenvalue weighted by atomic mass is 10.1. The van der Waals surface area contributed by atoms with Crippen molar-refractivity contribution in [3.8, 4) is 11.4 Å². The molecule has 4 aromatic rings. The number of aryl methyl sites for hydroxylation is 1. The Bertz CT molecular complexity index is 1240. The summed E-state index contributed by atoms with van der Waals surface area (Å²) in [6.07, 6.45) is 0.943. The molecule has 1 saturated heterocycles. The number of fused-ring (bicyclic) bond motifs is 3. The predicted octanol–water partition coefficient (Wildman–Crippen LogP) is 3.72. The van der Waals surface area contributed by atoms with E-state index in [4.69, 9.17) is 19.8 Å². The predicted molar refractivity (Wildman–Crippen MR) is 116 cm³/mol. The lowest BCUT2D eigenvalue weighted by molar-refractivity contribution is 0.122. The van der Waals surface area contributed by atoms with Crippen molar-refractivity contribution in [3.63, 3.8) is 0 Å². The van der Waals surface area contributed by atoms with Gasteiger partial charge in [-0.25, -0.2) is 14.8 Å². The van der Waals surface area contributed by atoms with Gasteiger partial charge >= 0.3 is 6.09 Å². The number of morpholine rings is 1. The lowest BCUT2D eigenvalue weighted by Crippen LogP contribution is -2.37. The Hall–Kier alpha value is -3.65. The highest BCUT2D eigenvalue weighted by molar-refractivity contribution is 6.08. The zero-order valence-electron chi connectivity index (χ0n) is 16.5. The molecule has 3 heterocycles. The van der Waals surface area contributed by atoms with E-state index in [1.165, 1.54) is 0 Å². The third-order valence-electron chi connectivity index (χ3n) is 5.41. The molecule has 5 rings (SSSR count). The van der Waals surface area contributed by atoms with E-state index in [1.54, 1.807) is 12.1 Å². The van der Waals surface area contributed by atoms with E-state index in [9.17, 15) is 4.79 Å². The van der Waals surface area contributed by atoms with Crippen LogP contribution in [-0.2, 0) is 11.8 Å². The third-order valence-corrected chi connectivity index (χ3v) is 5.41. The first-order valence-corrected chi connectivity index (χ1v) is 9.79. The lowest BCUT2D eigenvalue weighted by Gasteiger charge is -2.29. The largest absolute Gasteiger partial charge is 0.465 e. The number of aromatic nitrogens is 3. The summed E-state index contributed by atoms with van der Waals surface area (Å²) in [6, 6.07) is 13.4. The molecule has 0 radical (unpaired) electrons. The van der Waals surface area contributed by atoms with Crippen molar-refractivity contribution in [3.05, 3.63) is 48.7 Å². The second-order valence-corrected chi connectivity index (χ2v) is 7.30. The van der Waals surface area contributed by atoms with E-state index in [0.717, 1.165) is 46.3 Å². The van der Waals surface area contributed by atoms with Crippen molar-refractivity contribution >= 4 is 39.4 Å². The van der Waals surface area contributed by atoms with Crippen LogP contribution in [0.4, 0.5) is 16.3 Å². The normalized spacial score (nSPS) is 14.4. The van der Waals surface area contributed by atoms with Gasteiger partial charge in [0, 0.05) is 53.9 Å². The van der Waals surface area contributed by atoms with Crippen molar-refractivity contribution < 1.29 is 14.6 Å². The highest BCUT2D eigenvalue weighted by Crippen LogP contribution is 2.33. The number of benzene rings is 2. The summed E-state index contributed by atoms with van der Waals surface area (Å²) in [5.74, 6) is 1.51. The summed E-state index contributed by atoms with van der Waals surface area (Å²) in [5, 5.41) is 13.4. The fourth-order valence-electron chi connectivity index (χ4n) is 3.90. The van der Waals surface area contributed by atoms with Gasteiger partial charge in [-0.05, 0) is 42.5 Å². The standard InChI is InChI=1S/C22H21N5O3/c1-26-9-8-16-18(26)7-6-17-19(16)24-20(25-21(17)27-10-12-30-13-11-27)14-2-4-15(5-3-14)23-22(28)29/h2-9,23H,10-13H2,1H3,(H,28,29). The van der Waals surface area contributed by atoms with E-state index in [1.807, 2.05) is 25.4 Å². The van der Waals surface area contributed by atoms with Gasteiger partial charge in [-0.1, -0.05) is 0 Å². The number of ether oxygens (including phenoxy) is 1. The monoisotopic (exact) mass is 403 g/mol. The molecule has 0 aliphatic carbocycles. The number of carbonyl (C=O) groups is 1. The van der Waals surface area contributed by atoms with Gasteiger partial charge in [-0.3, -0.25) is 5.32 Å². The van der Waals surface area contributed by atoms with Crippen LogP contribution in [0.2, 0.25) is 0 Å². The fraction of sp³-hybridized carbons (Fsp3) is 0.227. The van der Waals surface area contributed by atoms with Crippen LogP contribution in [0.25, 0.3) is 33.2 Å². The molecule has 1 fully saturated rings. The highest BCUT2D eigenvalue weighted by Gasteiger charge is 2.19. The molecule has 0 unspecified atom stereocenters. The number of rotatable bonds is 3. The van der Waals surface area contributed by atoms with Crippen LogP contribution in [-0.4, -0.2) is 52.0 Å². The number of hydrogen-bond acceptors (Lipinski definition) is 5. The fourth-order valence-corrected chi connectivity index (χ4v) is 3.90. The summed E-state index contributed by atoms with van der Waals surface area (Å²) < 4.78 is 7.60. The Morgan fingerprint density at radius 3 is 2.53 bits per heavy atom. The number of amides is 1. The van der Waals surface area contributed by atoms with Gasteiger partial charge in [0.2, 0.25) is 0 Å². The van der Waals surface area contributed by atoms with Crippen LogP contribution in [0, 0.1) is 0 Å². The van der Waals surface area contributed by atoms with Crippen molar-refractivity contribution in [2.45, 2.75) is 0 Å². The Labute approximate surface area is 172 Å². The Morgan fingerprint density at radius 1 is 1.03 bits per heavy atom. The van der Waals surface area contributed by atoms with Crippen molar-refractivity contribution in [1.29, 1.82) is 0 Å². The zero-order valence-corrected chi connectivity index (χ0v) is 16.5. The van der Waals surface area contributed by atoms with Gasteiger partial charge in [-0.15, -0.1) is 0 Å². The van der Waals surface area contributed by atoms with E-state index in [0.29, 0.717) is 24.7 Å². The molecule has 0 bridgehead atoms. The van der Waals surface area contributed by atoms with Crippen molar-refractivity contribution in [2.24, 2.45) is 7.05 Å². The van der Waals surface area contributed by atoms with Crippen LogP contribution in [0.5, 0.6) is 0 Å². The second-order valence-electron chi connectivity index (χ2n) is 7.30. The first-order valence-electron chi connectivity index (χ1n) is 9.79. The molecular formula is C22H21N5O3. The molecule has 2 N–H and O–H groups in total. The molecule has 1 aliphatic rings.